The van der Waals surface area contributed by atoms with Gasteiger partial charge < -0.3 is 0 Å². The van der Waals surface area contributed by atoms with E-state index in [2.05, 4.69) is 4.98 Å². The van der Waals surface area contributed by atoms with Gasteiger partial charge in [-0.3, -0.25) is 9.69 Å². The van der Waals surface area contributed by atoms with Gasteiger partial charge in [-0.25, -0.2) is 17.8 Å². The van der Waals surface area contributed by atoms with Crippen molar-refractivity contribution in [2.24, 2.45) is 0 Å². The van der Waals surface area contributed by atoms with E-state index in [1.165, 1.54) is 48.3 Å². The number of nitrogens with zero attached hydrogens (tertiary/aromatic N) is 2. The van der Waals surface area contributed by atoms with E-state index >= 15 is 0 Å². The molecule has 3 rings (SSSR count). The molecule has 126 valence electrons. The molecule has 1 fully saturated rings. The van der Waals surface area contributed by atoms with Crippen LogP contribution in [0.15, 0.2) is 47.5 Å². The summed E-state index contributed by atoms with van der Waals surface area (Å²) in [4.78, 5) is 17.8. The number of benzene rings is 1. The average Bonchev–Trinajstić information content (AvgIpc) is 2.52. The van der Waals surface area contributed by atoms with Crippen molar-refractivity contribution >= 4 is 21.6 Å². The summed E-state index contributed by atoms with van der Waals surface area (Å²) in [6.07, 6.45) is 3.37. The molecule has 1 aromatic carbocycles. The minimum Gasteiger partial charge on any atom is -0.296 e. The summed E-state index contributed by atoms with van der Waals surface area (Å²) in [5.74, 6) is -0.514. The highest BCUT2D eigenvalue weighted by atomic mass is 32.2. The van der Waals surface area contributed by atoms with E-state index in [9.17, 15) is 17.6 Å². The van der Waals surface area contributed by atoms with Crippen LogP contribution in [0.25, 0.3) is 0 Å². The first-order chi connectivity index (χ1) is 11.4. The molecular formula is C17H17FN2O3S. The minimum absolute atomic E-state index is 0.242. The van der Waals surface area contributed by atoms with Gasteiger partial charge >= 0.3 is 0 Å². The molecule has 0 N–H and O–H groups in total. The molecule has 0 unspecified atom stereocenters. The molecule has 1 amide bonds. The van der Waals surface area contributed by atoms with Crippen LogP contribution in [0.4, 0.5) is 10.2 Å². The summed E-state index contributed by atoms with van der Waals surface area (Å²) in [6, 6.07) is 8.55. The molecule has 1 aliphatic rings. The van der Waals surface area contributed by atoms with Crippen molar-refractivity contribution < 1.29 is 17.6 Å². The van der Waals surface area contributed by atoms with E-state index in [0.29, 0.717) is 24.2 Å². The summed E-state index contributed by atoms with van der Waals surface area (Å²) in [5, 5.41) is -0.301. The molecule has 7 heteroatoms. The number of anilines is 1. The Labute approximate surface area is 140 Å². The Bertz CT molecular complexity index is 844. The Morgan fingerprint density at radius 1 is 1.17 bits per heavy atom. The van der Waals surface area contributed by atoms with Crippen LogP contribution in [0.5, 0.6) is 0 Å². The van der Waals surface area contributed by atoms with E-state index in [0.717, 1.165) is 12.6 Å². The van der Waals surface area contributed by atoms with Gasteiger partial charge in [0.1, 0.15) is 11.6 Å². The molecule has 24 heavy (non-hydrogen) atoms. The van der Waals surface area contributed by atoms with Crippen molar-refractivity contribution in [3.05, 3.63) is 54.0 Å². The van der Waals surface area contributed by atoms with Gasteiger partial charge in [0.05, 0.1) is 16.3 Å². The van der Waals surface area contributed by atoms with Crippen molar-refractivity contribution in [3.63, 3.8) is 0 Å². The standard InChI is InChI=1S/C17H17FN2O3S/c1-20(16-10-7-13(18)11-19-16)17(21)12-5-8-15(9-6-12)24(22,23)14-3-2-4-14/h5-11,14H,2-4H2,1H3. The fourth-order valence-corrected chi connectivity index (χ4v) is 4.38. The van der Waals surface area contributed by atoms with Crippen LogP contribution in [0.3, 0.4) is 0 Å². The number of aromatic nitrogens is 1. The largest absolute Gasteiger partial charge is 0.296 e. The Balaban J connectivity index is 1.80. The van der Waals surface area contributed by atoms with Gasteiger partial charge in [0.15, 0.2) is 9.84 Å². The molecule has 0 atom stereocenters. The fourth-order valence-electron chi connectivity index (χ4n) is 2.52. The maximum absolute atomic E-state index is 12.9. The maximum atomic E-state index is 12.9. The van der Waals surface area contributed by atoms with Crippen molar-refractivity contribution in [1.29, 1.82) is 0 Å². The van der Waals surface area contributed by atoms with Crippen LogP contribution in [0, 0.1) is 5.82 Å². The average molecular weight is 348 g/mol. The number of halogens is 1. The molecule has 1 saturated carbocycles. The third kappa shape index (κ3) is 3.03. The molecular weight excluding hydrogens is 331 g/mol. The van der Waals surface area contributed by atoms with Gasteiger partial charge in [-0.05, 0) is 49.2 Å². The lowest BCUT2D eigenvalue weighted by Gasteiger charge is -2.25. The van der Waals surface area contributed by atoms with E-state index in [1.807, 2.05) is 0 Å². The first-order valence-electron chi connectivity index (χ1n) is 7.63. The van der Waals surface area contributed by atoms with E-state index in [4.69, 9.17) is 0 Å². The summed E-state index contributed by atoms with van der Waals surface area (Å²) >= 11 is 0. The topological polar surface area (TPSA) is 67.3 Å². The van der Waals surface area contributed by atoms with Gasteiger partial charge in [0.25, 0.3) is 5.91 Å². The Morgan fingerprint density at radius 3 is 2.33 bits per heavy atom. The number of carbonyl (C=O) groups is 1. The number of sulfone groups is 1. The zero-order chi connectivity index (χ0) is 17.3. The van der Waals surface area contributed by atoms with E-state index < -0.39 is 15.7 Å². The molecule has 0 aliphatic heterocycles. The highest BCUT2D eigenvalue weighted by Crippen LogP contribution is 2.31. The Hall–Kier alpha value is -2.28. The number of pyridine rings is 1. The quantitative estimate of drug-likeness (QED) is 0.852. The molecule has 1 heterocycles. The second-order valence-corrected chi connectivity index (χ2v) is 8.05. The second kappa shape index (κ2) is 6.32. The smallest absolute Gasteiger partial charge is 0.259 e. The summed E-state index contributed by atoms with van der Waals surface area (Å²) < 4.78 is 37.6. The molecule has 0 spiro atoms. The van der Waals surface area contributed by atoms with Crippen LogP contribution in [0.1, 0.15) is 29.6 Å². The highest BCUT2D eigenvalue weighted by molar-refractivity contribution is 7.92. The van der Waals surface area contributed by atoms with E-state index in [-0.39, 0.29) is 16.1 Å². The number of amides is 1. The monoisotopic (exact) mass is 348 g/mol. The van der Waals surface area contributed by atoms with Crippen molar-refractivity contribution in [2.45, 2.75) is 29.4 Å². The predicted molar refractivity (Wildman–Crippen MR) is 88.2 cm³/mol. The molecule has 2 aromatic rings. The number of hydrogen-bond donors (Lipinski definition) is 0. The summed E-state index contributed by atoms with van der Waals surface area (Å²) in [7, 11) is -1.77. The minimum atomic E-state index is -3.30. The third-order valence-corrected chi connectivity index (χ3v) is 6.56. The SMILES string of the molecule is CN(C(=O)c1ccc(S(=O)(=O)C2CCC2)cc1)c1ccc(F)cn1. The summed E-state index contributed by atoms with van der Waals surface area (Å²) in [6.45, 7) is 0. The van der Waals surface area contributed by atoms with E-state index in [1.54, 1.807) is 0 Å². The molecule has 5 nitrogen and oxygen atoms in total. The number of carbonyl (C=O) groups excluding carboxylic acids is 1. The molecule has 1 aromatic heterocycles. The van der Waals surface area contributed by atoms with Gasteiger partial charge in [0, 0.05) is 12.6 Å². The van der Waals surface area contributed by atoms with Gasteiger partial charge in [-0.15, -0.1) is 0 Å². The van der Waals surface area contributed by atoms with Gasteiger partial charge in [0.2, 0.25) is 0 Å². The maximum Gasteiger partial charge on any atom is 0.259 e. The first-order valence-corrected chi connectivity index (χ1v) is 9.18. The summed E-state index contributed by atoms with van der Waals surface area (Å²) in [5.41, 5.74) is 0.344. The lowest BCUT2D eigenvalue weighted by molar-refractivity contribution is 0.0992. The van der Waals surface area contributed by atoms with Crippen LogP contribution < -0.4 is 4.90 Å². The zero-order valence-corrected chi connectivity index (χ0v) is 14.0. The second-order valence-electron chi connectivity index (χ2n) is 5.82. The first kappa shape index (κ1) is 16.6. The molecule has 1 aliphatic carbocycles. The van der Waals surface area contributed by atoms with Crippen LogP contribution in [-0.4, -0.2) is 31.6 Å². The number of rotatable bonds is 4. The normalized spacial score (nSPS) is 14.9. The third-order valence-electron chi connectivity index (χ3n) is 4.28. The molecule has 0 saturated heterocycles. The van der Waals surface area contributed by atoms with Crippen molar-refractivity contribution in [3.8, 4) is 0 Å². The van der Waals surface area contributed by atoms with Crippen LogP contribution in [-0.2, 0) is 9.84 Å². The number of hydrogen-bond acceptors (Lipinski definition) is 4. The Kier molecular flexibility index (Phi) is 4.36. The predicted octanol–water partition coefficient (Wildman–Crippen LogP) is 2.82. The van der Waals surface area contributed by atoms with Crippen LogP contribution in [0.2, 0.25) is 0 Å². The van der Waals surface area contributed by atoms with Gasteiger partial charge in [-0.2, -0.15) is 0 Å². The van der Waals surface area contributed by atoms with Gasteiger partial charge in [-0.1, -0.05) is 6.42 Å². The highest BCUT2D eigenvalue weighted by Gasteiger charge is 2.32. The van der Waals surface area contributed by atoms with Crippen molar-refractivity contribution in [1.82, 2.24) is 4.98 Å². The lowest BCUT2D eigenvalue weighted by Crippen LogP contribution is -2.29. The van der Waals surface area contributed by atoms with Crippen LogP contribution >= 0.6 is 0 Å². The zero-order valence-electron chi connectivity index (χ0n) is 13.1. The lowest BCUT2D eigenvalue weighted by atomic mass is 10.00. The molecule has 0 bridgehead atoms. The Morgan fingerprint density at radius 2 is 1.83 bits per heavy atom. The fraction of sp³-hybridized carbons (Fsp3) is 0.294. The van der Waals surface area contributed by atoms with Crippen molar-refractivity contribution in [2.75, 3.05) is 11.9 Å². The molecule has 0 radical (unpaired) electrons.